The smallest absolute Gasteiger partial charge is 0.382 e. The highest BCUT2D eigenvalue weighted by Crippen LogP contribution is 2.25. The van der Waals surface area contributed by atoms with Gasteiger partial charge in [-0.3, -0.25) is 4.79 Å². The standard InChI is InChI=1S/C17H18BrF3N4O/c1-10(12(3)9-26)6-11(2)14-8-23-16-13(7-15(18)24-25(14)16)22-5-4-17(19,20)21/h6-9,22H,4-5H2,1-3H3. The van der Waals surface area contributed by atoms with Crippen molar-refractivity contribution in [2.75, 3.05) is 11.9 Å². The third-order valence-electron chi connectivity index (χ3n) is 3.80. The van der Waals surface area contributed by atoms with Crippen LogP contribution in [0.3, 0.4) is 0 Å². The van der Waals surface area contributed by atoms with E-state index < -0.39 is 12.6 Å². The Hall–Kier alpha value is -2.16. The molecule has 0 bridgehead atoms. The summed E-state index contributed by atoms with van der Waals surface area (Å²) in [7, 11) is 0. The van der Waals surface area contributed by atoms with Crippen molar-refractivity contribution in [2.24, 2.45) is 0 Å². The number of hydrogen-bond acceptors (Lipinski definition) is 4. The normalized spacial score (nSPS) is 13.7. The molecule has 0 saturated carbocycles. The summed E-state index contributed by atoms with van der Waals surface area (Å²) in [6, 6.07) is 1.59. The maximum atomic E-state index is 12.4. The summed E-state index contributed by atoms with van der Waals surface area (Å²) in [5, 5.41) is 7.09. The fraction of sp³-hybridized carbons (Fsp3) is 0.353. The summed E-state index contributed by atoms with van der Waals surface area (Å²) < 4.78 is 39.1. The number of aldehydes is 1. The van der Waals surface area contributed by atoms with Crippen molar-refractivity contribution in [3.8, 4) is 0 Å². The van der Waals surface area contributed by atoms with Crippen LogP contribution in [0.15, 0.2) is 34.1 Å². The number of anilines is 1. The second kappa shape index (κ2) is 8.03. The number of nitrogens with one attached hydrogen (secondary N) is 1. The van der Waals surface area contributed by atoms with Crippen LogP contribution in [-0.4, -0.2) is 33.6 Å². The Labute approximate surface area is 157 Å². The first-order chi connectivity index (χ1) is 12.1. The van der Waals surface area contributed by atoms with Gasteiger partial charge in [0.05, 0.1) is 24.0 Å². The van der Waals surface area contributed by atoms with Gasteiger partial charge in [0.25, 0.3) is 0 Å². The molecule has 2 aromatic rings. The Morgan fingerprint density at radius 1 is 1.31 bits per heavy atom. The number of rotatable bonds is 6. The largest absolute Gasteiger partial charge is 0.390 e. The number of alkyl halides is 3. The molecule has 0 radical (unpaired) electrons. The molecule has 1 N–H and O–H groups in total. The molecule has 9 heteroatoms. The van der Waals surface area contributed by atoms with Crippen LogP contribution in [0.25, 0.3) is 11.2 Å². The van der Waals surface area contributed by atoms with E-state index in [0.717, 1.165) is 17.4 Å². The summed E-state index contributed by atoms with van der Waals surface area (Å²) in [4.78, 5) is 15.2. The van der Waals surface area contributed by atoms with Gasteiger partial charge < -0.3 is 5.32 Å². The lowest BCUT2D eigenvalue weighted by molar-refractivity contribution is -0.131. The fourth-order valence-electron chi connectivity index (χ4n) is 2.28. The minimum atomic E-state index is -4.23. The SMILES string of the molecule is CC(=CC(C)=C(C)C=O)c1cnc2c(NCCC(F)(F)F)cc(Br)nn12. The topological polar surface area (TPSA) is 59.3 Å². The van der Waals surface area contributed by atoms with Gasteiger partial charge in [-0.2, -0.15) is 18.3 Å². The molecule has 0 aromatic carbocycles. The van der Waals surface area contributed by atoms with Gasteiger partial charge in [0, 0.05) is 6.54 Å². The van der Waals surface area contributed by atoms with E-state index in [1.807, 2.05) is 19.9 Å². The summed E-state index contributed by atoms with van der Waals surface area (Å²) in [5.41, 5.74) is 3.80. The number of imidazole rings is 1. The average molecular weight is 431 g/mol. The number of carbonyl (C=O) groups excluding carboxylic acids is 1. The molecule has 0 fully saturated rings. The summed E-state index contributed by atoms with van der Waals surface area (Å²) in [6.07, 6.45) is -0.953. The fourth-order valence-corrected chi connectivity index (χ4v) is 2.67. The zero-order valence-corrected chi connectivity index (χ0v) is 16.1. The van der Waals surface area contributed by atoms with Crippen LogP contribution in [0.2, 0.25) is 0 Å². The van der Waals surface area contributed by atoms with Crippen LogP contribution < -0.4 is 5.32 Å². The van der Waals surface area contributed by atoms with Gasteiger partial charge in [0.1, 0.15) is 10.9 Å². The van der Waals surface area contributed by atoms with Gasteiger partial charge in [0.2, 0.25) is 0 Å². The number of fused-ring (bicyclic) bond motifs is 1. The molecule has 0 atom stereocenters. The highest BCUT2D eigenvalue weighted by Gasteiger charge is 2.26. The van der Waals surface area contributed by atoms with E-state index >= 15 is 0 Å². The van der Waals surface area contributed by atoms with Crippen LogP contribution in [0.1, 0.15) is 32.9 Å². The van der Waals surface area contributed by atoms with Crippen molar-refractivity contribution in [1.29, 1.82) is 0 Å². The lowest BCUT2D eigenvalue weighted by atomic mass is 10.1. The molecule has 0 aliphatic heterocycles. The van der Waals surface area contributed by atoms with E-state index in [-0.39, 0.29) is 6.54 Å². The first-order valence-corrected chi connectivity index (χ1v) is 8.58. The van der Waals surface area contributed by atoms with E-state index in [1.54, 1.807) is 23.7 Å². The predicted molar refractivity (Wildman–Crippen MR) is 97.9 cm³/mol. The van der Waals surface area contributed by atoms with Gasteiger partial charge in [-0.15, -0.1) is 0 Å². The zero-order valence-electron chi connectivity index (χ0n) is 14.5. The van der Waals surface area contributed by atoms with E-state index in [9.17, 15) is 18.0 Å². The number of hydrogen-bond donors (Lipinski definition) is 1. The van der Waals surface area contributed by atoms with E-state index in [4.69, 9.17) is 0 Å². The lowest BCUT2D eigenvalue weighted by Gasteiger charge is -2.10. The first kappa shape index (κ1) is 20.2. The van der Waals surface area contributed by atoms with Crippen LogP contribution in [0, 0.1) is 0 Å². The molecular formula is C17H18BrF3N4O. The second-order valence-electron chi connectivity index (χ2n) is 5.86. The number of nitrogens with zero attached hydrogens (tertiary/aromatic N) is 3. The highest BCUT2D eigenvalue weighted by atomic mass is 79.9. The Bertz CT molecular complexity index is 884. The van der Waals surface area contributed by atoms with Crippen molar-refractivity contribution in [3.63, 3.8) is 0 Å². The molecule has 0 amide bonds. The van der Waals surface area contributed by atoms with Gasteiger partial charge in [-0.1, -0.05) is 6.08 Å². The van der Waals surface area contributed by atoms with Crippen molar-refractivity contribution < 1.29 is 18.0 Å². The molecule has 0 saturated heterocycles. The van der Waals surface area contributed by atoms with Crippen LogP contribution >= 0.6 is 15.9 Å². The molecule has 140 valence electrons. The second-order valence-corrected chi connectivity index (χ2v) is 6.68. The monoisotopic (exact) mass is 430 g/mol. The molecule has 0 aliphatic rings. The van der Waals surface area contributed by atoms with Crippen LogP contribution in [0.4, 0.5) is 18.9 Å². The molecule has 26 heavy (non-hydrogen) atoms. The molecule has 5 nitrogen and oxygen atoms in total. The number of carbonyl (C=O) groups is 1. The molecule has 0 spiro atoms. The summed E-state index contributed by atoms with van der Waals surface area (Å²) in [6.45, 7) is 5.14. The van der Waals surface area contributed by atoms with Gasteiger partial charge >= 0.3 is 6.18 Å². The molecule has 0 unspecified atom stereocenters. The first-order valence-electron chi connectivity index (χ1n) is 7.78. The maximum Gasteiger partial charge on any atom is 0.390 e. The van der Waals surface area contributed by atoms with E-state index in [0.29, 0.717) is 27.2 Å². The van der Waals surface area contributed by atoms with Crippen LogP contribution in [0.5, 0.6) is 0 Å². The lowest BCUT2D eigenvalue weighted by Crippen LogP contribution is -2.15. The molecule has 0 aliphatic carbocycles. The van der Waals surface area contributed by atoms with Crippen molar-refractivity contribution >= 4 is 39.1 Å². The predicted octanol–water partition coefficient (Wildman–Crippen LogP) is 4.79. The Balaban J connectivity index is 2.40. The quantitative estimate of drug-likeness (QED) is 0.406. The Kier molecular flexibility index (Phi) is 6.22. The van der Waals surface area contributed by atoms with Crippen molar-refractivity contribution in [2.45, 2.75) is 33.4 Å². The van der Waals surface area contributed by atoms with Crippen LogP contribution in [-0.2, 0) is 4.79 Å². The van der Waals surface area contributed by atoms with E-state index in [2.05, 4.69) is 31.3 Å². The summed E-state index contributed by atoms with van der Waals surface area (Å²) in [5.74, 6) is 0. The third-order valence-corrected chi connectivity index (χ3v) is 4.19. The Morgan fingerprint density at radius 3 is 2.62 bits per heavy atom. The number of allylic oxidation sites excluding steroid dienone is 4. The third kappa shape index (κ3) is 4.94. The van der Waals surface area contributed by atoms with Gasteiger partial charge in [-0.25, -0.2) is 9.50 Å². The van der Waals surface area contributed by atoms with Gasteiger partial charge in [0.15, 0.2) is 5.65 Å². The minimum Gasteiger partial charge on any atom is -0.382 e. The molecule has 2 heterocycles. The molecule has 2 aromatic heterocycles. The summed E-state index contributed by atoms with van der Waals surface area (Å²) >= 11 is 3.27. The number of aromatic nitrogens is 3. The van der Waals surface area contributed by atoms with Crippen molar-refractivity contribution in [1.82, 2.24) is 14.6 Å². The van der Waals surface area contributed by atoms with Crippen molar-refractivity contribution in [3.05, 3.63) is 39.8 Å². The molecule has 2 rings (SSSR count). The maximum absolute atomic E-state index is 12.4. The molecular weight excluding hydrogens is 413 g/mol. The minimum absolute atomic E-state index is 0.257. The highest BCUT2D eigenvalue weighted by molar-refractivity contribution is 9.10. The van der Waals surface area contributed by atoms with E-state index in [1.165, 1.54) is 0 Å². The number of halogens is 4. The van der Waals surface area contributed by atoms with Gasteiger partial charge in [-0.05, 0) is 59.5 Å². The average Bonchev–Trinajstić information content (AvgIpc) is 2.96. The Morgan fingerprint density at radius 2 is 2.00 bits per heavy atom. The zero-order chi connectivity index (χ0) is 19.5.